The molecule has 0 saturated carbocycles. The number of aryl methyl sites for hydroxylation is 1. The molecule has 1 aliphatic rings. The molecule has 1 aliphatic heterocycles. The lowest BCUT2D eigenvalue weighted by molar-refractivity contribution is 0.230. The van der Waals surface area contributed by atoms with Gasteiger partial charge < -0.3 is 9.32 Å². The lowest BCUT2D eigenvalue weighted by Crippen LogP contribution is -2.45. The largest absolute Gasteiger partial charge is 0.468 e. The second-order valence-electron chi connectivity index (χ2n) is 5.18. The summed E-state index contributed by atoms with van der Waals surface area (Å²) in [7, 11) is 0. The van der Waals surface area contributed by atoms with Crippen molar-refractivity contribution in [3.8, 4) is 0 Å². The molecule has 0 bridgehead atoms. The SMILES string of the molecule is Cc1ccc(N2CCN(Cc3ccco3)CC2)cc1. The third-order valence-electron chi connectivity index (χ3n) is 3.73. The van der Waals surface area contributed by atoms with Crippen molar-refractivity contribution in [3.05, 3.63) is 54.0 Å². The Kier molecular flexibility index (Phi) is 3.56. The fourth-order valence-electron chi connectivity index (χ4n) is 2.54. The molecule has 2 heterocycles. The first kappa shape index (κ1) is 12.3. The van der Waals surface area contributed by atoms with E-state index >= 15 is 0 Å². The van der Waals surface area contributed by atoms with Gasteiger partial charge in [0.15, 0.2) is 0 Å². The maximum atomic E-state index is 5.41. The average Bonchev–Trinajstić information content (AvgIpc) is 2.94. The van der Waals surface area contributed by atoms with Crippen LogP contribution in [0.15, 0.2) is 47.1 Å². The van der Waals surface area contributed by atoms with Crippen molar-refractivity contribution in [2.45, 2.75) is 13.5 Å². The van der Waals surface area contributed by atoms with E-state index < -0.39 is 0 Å². The first-order chi connectivity index (χ1) is 9.31. The molecule has 19 heavy (non-hydrogen) atoms. The van der Waals surface area contributed by atoms with E-state index in [1.165, 1.54) is 11.3 Å². The van der Waals surface area contributed by atoms with E-state index in [1.54, 1.807) is 6.26 Å². The molecule has 2 aromatic rings. The van der Waals surface area contributed by atoms with Gasteiger partial charge in [0, 0.05) is 31.9 Å². The zero-order chi connectivity index (χ0) is 13.1. The van der Waals surface area contributed by atoms with E-state index in [9.17, 15) is 0 Å². The molecule has 1 fully saturated rings. The Morgan fingerprint density at radius 1 is 1.00 bits per heavy atom. The Morgan fingerprint density at radius 2 is 1.74 bits per heavy atom. The van der Waals surface area contributed by atoms with Crippen molar-refractivity contribution < 1.29 is 4.42 Å². The van der Waals surface area contributed by atoms with Crippen molar-refractivity contribution in [2.75, 3.05) is 31.1 Å². The molecule has 3 heteroatoms. The summed E-state index contributed by atoms with van der Waals surface area (Å²) >= 11 is 0. The van der Waals surface area contributed by atoms with Crippen LogP contribution < -0.4 is 4.90 Å². The van der Waals surface area contributed by atoms with E-state index in [0.717, 1.165) is 38.5 Å². The zero-order valence-corrected chi connectivity index (χ0v) is 11.4. The van der Waals surface area contributed by atoms with Crippen molar-refractivity contribution in [3.63, 3.8) is 0 Å². The third kappa shape index (κ3) is 2.99. The summed E-state index contributed by atoms with van der Waals surface area (Å²) in [6, 6.07) is 12.8. The van der Waals surface area contributed by atoms with Gasteiger partial charge in [-0.25, -0.2) is 0 Å². The van der Waals surface area contributed by atoms with Crippen molar-refractivity contribution >= 4 is 5.69 Å². The molecular weight excluding hydrogens is 236 g/mol. The molecule has 3 nitrogen and oxygen atoms in total. The van der Waals surface area contributed by atoms with Crippen LogP contribution in [0, 0.1) is 6.92 Å². The minimum Gasteiger partial charge on any atom is -0.468 e. The minimum atomic E-state index is 0.925. The highest BCUT2D eigenvalue weighted by molar-refractivity contribution is 5.47. The highest BCUT2D eigenvalue weighted by Crippen LogP contribution is 2.18. The van der Waals surface area contributed by atoms with Gasteiger partial charge in [-0.3, -0.25) is 4.90 Å². The first-order valence-electron chi connectivity index (χ1n) is 6.87. The molecular formula is C16H20N2O. The first-order valence-corrected chi connectivity index (χ1v) is 6.87. The van der Waals surface area contributed by atoms with Gasteiger partial charge >= 0.3 is 0 Å². The molecule has 0 radical (unpaired) electrons. The molecule has 0 aliphatic carbocycles. The molecule has 1 saturated heterocycles. The van der Waals surface area contributed by atoms with Gasteiger partial charge in [0.05, 0.1) is 12.8 Å². The predicted molar refractivity (Wildman–Crippen MR) is 77.4 cm³/mol. The van der Waals surface area contributed by atoms with Crippen LogP contribution in [-0.2, 0) is 6.54 Å². The number of rotatable bonds is 3. The van der Waals surface area contributed by atoms with Crippen LogP contribution in [0.25, 0.3) is 0 Å². The van der Waals surface area contributed by atoms with Gasteiger partial charge in [-0.1, -0.05) is 17.7 Å². The topological polar surface area (TPSA) is 19.6 Å². The number of hydrogen-bond donors (Lipinski definition) is 0. The summed E-state index contributed by atoms with van der Waals surface area (Å²) in [5.41, 5.74) is 2.66. The highest BCUT2D eigenvalue weighted by Gasteiger charge is 2.17. The van der Waals surface area contributed by atoms with Crippen LogP contribution in [0.3, 0.4) is 0 Å². The van der Waals surface area contributed by atoms with Crippen LogP contribution in [-0.4, -0.2) is 31.1 Å². The van der Waals surface area contributed by atoms with Gasteiger partial charge in [-0.2, -0.15) is 0 Å². The number of benzene rings is 1. The lowest BCUT2D eigenvalue weighted by atomic mass is 10.2. The average molecular weight is 256 g/mol. The Balaban J connectivity index is 1.56. The Labute approximate surface area is 114 Å². The quantitative estimate of drug-likeness (QED) is 0.842. The molecule has 0 amide bonds. The van der Waals surface area contributed by atoms with Crippen molar-refractivity contribution in [1.29, 1.82) is 0 Å². The van der Waals surface area contributed by atoms with Gasteiger partial charge in [-0.05, 0) is 31.2 Å². The van der Waals surface area contributed by atoms with Crippen LogP contribution in [0.4, 0.5) is 5.69 Å². The predicted octanol–water partition coefficient (Wildman–Crippen LogP) is 2.91. The second kappa shape index (κ2) is 5.49. The van der Waals surface area contributed by atoms with E-state index in [0.29, 0.717) is 0 Å². The molecule has 1 aromatic heterocycles. The van der Waals surface area contributed by atoms with Crippen molar-refractivity contribution in [1.82, 2.24) is 4.90 Å². The zero-order valence-electron chi connectivity index (χ0n) is 11.4. The van der Waals surface area contributed by atoms with Gasteiger partial charge in [0.1, 0.15) is 5.76 Å². The van der Waals surface area contributed by atoms with Gasteiger partial charge in [-0.15, -0.1) is 0 Å². The van der Waals surface area contributed by atoms with E-state index in [-0.39, 0.29) is 0 Å². The summed E-state index contributed by atoms with van der Waals surface area (Å²) < 4.78 is 5.41. The molecule has 0 atom stereocenters. The van der Waals surface area contributed by atoms with E-state index in [4.69, 9.17) is 4.42 Å². The summed E-state index contributed by atoms with van der Waals surface area (Å²) in [5, 5.41) is 0. The molecule has 1 aromatic carbocycles. The maximum absolute atomic E-state index is 5.41. The lowest BCUT2D eigenvalue weighted by Gasteiger charge is -2.35. The number of hydrogen-bond acceptors (Lipinski definition) is 3. The number of nitrogens with zero attached hydrogens (tertiary/aromatic N) is 2. The Hall–Kier alpha value is -1.74. The van der Waals surface area contributed by atoms with Gasteiger partial charge in [0.25, 0.3) is 0 Å². The van der Waals surface area contributed by atoms with Gasteiger partial charge in [0.2, 0.25) is 0 Å². The number of furan rings is 1. The standard InChI is InChI=1S/C16H20N2O/c1-14-4-6-15(7-5-14)18-10-8-17(9-11-18)13-16-3-2-12-19-16/h2-7,12H,8-11,13H2,1H3. The Morgan fingerprint density at radius 3 is 2.37 bits per heavy atom. The van der Waals surface area contributed by atoms with Crippen LogP contribution in [0.5, 0.6) is 0 Å². The highest BCUT2D eigenvalue weighted by atomic mass is 16.3. The van der Waals surface area contributed by atoms with Crippen molar-refractivity contribution in [2.24, 2.45) is 0 Å². The maximum Gasteiger partial charge on any atom is 0.117 e. The van der Waals surface area contributed by atoms with Crippen LogP contribution in [0.2, 0.25) is 0 Å². The second-order valence-corrected chi connectivity index (χ2v) is 5.18. The normalized spacial score (nSPS) is 16.8. The third-order valence-corrected chi connectivity index (χ3v) is 3.73. The fourth-order valence-corrected chi connectivity index (χ4v) is 2.54. The molecule has 3 rings (SSSR count). The van der Waals surface area contributed by atoms with E-state index in [1.807, 2.05) is 12.1 Å². The van der Waals surface area contributed by atoms with Crippen LogP contribution >= 0.6 is 0 Å². The minimum absolute atomic E-state index is 0.925. The molecule has 0 unspecified atom stereocenters. The molecule has 100 valence electrons. The smallest absolute Gasteiger partial charge is 0.117 e. The van der Waals surface area contributed by atoms with Crippen LogP contribution in [0.1, 0.15) is 11.3 Å². The number of anilines is 1. The summed E-state index contributed by atoms with van der Waals surface area (Å²) in [5.74, 6) is 1.06. The number of piperazine rings is 1. The monoisotopic (exact) mass is 256 g/mol. The van der Waals surface area contributed by atoms with E-state index in [2.05, 4.69) is 41.0 Å². The summed E-state index contributed by atoms with van der Waals surface area (Å²) in [6.07, 6.45) is 1.75. The Bertz CT molecular complexity index is 496. The fraction of sp³-hybridized carbons (Fsp3) is 0.375. The summed E-state index contributed by atoms with van der Waals surface area (Å²) in [4.78, 5) is 4.90. The summed E-state index contributed by atoms with van der Waals surface area (Å²) in [6.45, 7) is 7.41. The molecule has 0 spiro atoms. The molecule has 0 N–H and O–H groups in total.